The van der Waals surface area contributed by atoms with E-state index in [1.54, 1.807) is 6.92 Å². The molecule has 5 heteroatoms. The number of esters is 1. The molecule has 0 aromatic heterocycles. The summed E-state index contributed by atoms with van der Waals surface area (Å²) in [5.41, 5.74) is 0.129. The van der Waals surface area contributed by atoms with Crippen molar-refractivity contribution in [1.29, 1.82) is 0 Å². The van der Waals surface area contributed by atoms with Gasteiger partial charge in [-0.25, -0.2) is 0 Å². The molecule has 0 saturated heterocycles. The van der Waals surface area contributed by atoms with E-state index in [1.165, 1.54) is 39.0 Å². The first-order chi connectivity index (χ1) is 15.8. The molecule has 5 aliphatic carbocycles. The summed E-state index contributed by atoms with van der Waals surface area (Å²) in [6.07, 6.45) is 7.60. The van der Waals surface area contributed by atoms with Crippen LogP contribution in [0.4, 0.5) is 0 Å². The molecule has 5 nitrogen and oxygen atoms in total. The average Bonchev–Trinajstić information content (AvgIpc) is 2.74. The van der Waals surface area contributed by atoms with Gasteiger partial charge in [0.05, 0.1) is 12.2 Å². The third-order valence-electron chi connectivity index (χ3n) is 12.6. The molecule has 5 saturated carbocycles. The first-order valence-corrected chi connectivity index (χ1v) is 13.9. The van der Waals surface area contributed by atoms with Crippen molar-refractivity contribution in [2.24, 2.45) is 51.2 Å². The molecule has 5 rings (SSSR count). The summed E-state index contributed by atoms with van der Waals surface area (Å²) in [7, 11) is 0. The minimum atomic E-state index is -0.734. The van der Waals surface area contributed by atoms with Crippen LogP contribution in [0, 0.1) is 51.2 Å². The molecule has 0 amide bonds. The number of aliphatic hydroxyl groups excluding tert-OH is 2. The second kappa shape index (κ2) is 7.78. The highest BCUT2D eigenvalue weighted by Gasteiger charge is 2.76. The number of hydrogen-bond donors (Lipinski definition) is 2. The first kappa shape index (κ1) is 24.7. The molecule has 0 bridgehead atoms. The van der Waals surface area contributed by atoms with Crippen LogP contribution >= 0.6 is 0 Å². The third-order valence-corrected chi connectivity index (χ3v) is 12.6. The maximum atomic E-state index is 12.7. The molecule has 5 aliphatic rings. The molecule has 5 fully saturated rings. The van der Waals surface area contributed by atoms with Crippen molar-refractivity contribution < 1.29 is 24.5 Å². The molecule has 0 heterocycles. The number of carbonyl (C=O) groups is 2. The number of rotatable bonds is 3. The lowest BCUT2D eigenvalue weighted by Crippen LogP contribution is -2.76. The highest BCUT2D eigenvalue weighted by molar-refractivity contribution is 5.80. The number of ether oxygens (including phenoxy) is 1. The van der Waals surface area contributed by atoms with E-state index in [1.807, 2.05) is 0 Å². The topological polar surface area (TPSA) is 83.8 Å². The molecule has 0 aliphatic heterocycles. The van der Waals surface area contributed by atoms with E-state index >= 15 is 0 Å². The van der Waals surface area contributed by atoms with Crippen LogP contribution in [0.5, 0.6) is 0 Å². The van der Waals surface area contributed by atoms with Crippen LogP contribution in [0.3, 0.4) is 0 Å². The predicted molar refractivity (Wildman–Crippen MR) is 130 cm³/mol. The molecular weight excluding hydrogens is 428 g/mol. The lowest BCUT2D eigenvalue weighted by Gasteiger charge is -2.76. The van der Waals surface area contributed by atoms with Crippen LogP contribution in [0.15, 0.2) is 0 Å². The van der Waals surface area contributed by atoms with E-state index in [4.69, 9.17) is 4.74 Å². The summed E-state index contributed by atoms with van der Waals surface area (Å²) in [6.45, 7) is 12.8. The molecule has 0 aromatic carbocycles. The summed E-state index contributed by atoms with van der Waals surface area (Å²) >= 11 is 0. The zero-order valence-corrected chi connectivity index (χ0v) is 22.1. The third kappa shape index (κ3) is 2.98. The molecule has 4 unspecified atom stereocenters. The van der Waals surface area contributed by atoms with Gasteiger partial charge in [-0.15, -0.1) is 0 Å². The molecule has 34 heavy (non-hydrogen) atoms. The summed E-state index contributed by atoms with van der Waals surface area (Å²) in [5, 5.41) is 22.2. The van der Waals surface area contributed by atoms with Crippen molar-refractivity contribution in [3.05, 3.63) is 0 Å². The Labute approximate surface area is 205 Å². The first-order valence-electron chi connectivity index (χ1n) is 13.9. The van der Waals surface area contributed by atoms with Gasteiger partial charge in [0.1, 0.15) is 11.9 Å². The van der Waals surface area contributed by atoms with E-state index in [-0.39, 0.29) is 40.5 Å². The number of hydrogen-bond acceptors (Lipinski definition) is 5. The van der Waals surface area contributed by atoms with Crippen LogP contribution in [-0.4, -0.2) is 40.3 Å². The number of Topliss-reactive ketones (excluding diaryl/α,β-unsaturated/α-hetero) is 1. The molecular formula is C29H46O5. The summed E-state index contributed by atoms with van der Waals surface area (Å²) in [4.78, 5) is 25.0. The standard InChI is InChI=1S/C29H46O5/c1-7-26(4)10-8-11-27(5)20(26)9-12-28(6)21(27)14-23(34-17(3)31)29-15-19(33)25(29)24(16(2)30)18(32)13-22(28)29/h18-25,32-33H,7-15H2,1-6H3/t18-,19?,20?,21?,22?,23-,24+,25-,26-,27-,28+,29+/m0/s1. The fourth-order valence-corrected chi connectivity index (χ4v) is 11.3. The van der Waals surface area contributed by atoms with Gasteiger partial charge in [0, 0.05) is 24.2 Å². The summed E-state index contributed by atoms with van der Waals surface area (Å²) < 4.78 is 6.15. The minimum Gasteiger partial charge on any atom is -0.462 e. The monoisotopic (exact) mass is 474 g/mol. The Bertz CT molecular complexity index is 871. The zero-order chi connectivity index (χ0) is 24.8. The van der Waals surface area contributed by atoms with Gasteiger partial charge in [0.2, 0.25) is 0 Å². The lowest BCUT2D eigenvalue weighted by molar-refractivity contribution is -0.323. The van der Waals surface area contributed by atoms with Crippen molar-refractivity contribution in [3.8, 4) is 0 Å². The smallest absolute Gasteiger partial charge is 0.302 e. The summed E-state index contributed by atoms with van der Waals surface area (Å²) in [6, 6.07) is 0. The van der Waals surface area contributed by atoms with Crippen molar-refractivity contribution in [2.75, 3.05) is 0 Å². The van der Waals surface area contributed by atoms with Crippen LogP contribution in [-0.2, 0) is 14.3 Å². The lowest BCUT2D eigenvalue weighted by atomic mass is 9.29. The van der Waals surface area contributed by atoms with E-state index in [0.29, 0.717) is 30.1 Å². The second-order valence-corrected chi connectivity index (χ2v) is 13.8. The normalized spacial score (nSPS) is 56.1. The number of aliphatic hydroxyl groups is 2. The molecule has 0 radical (unpaired) electrons. The number of ketones is 1. The quantitative estimate of drug-likeness (QED) is 0.568. The van der Waals surface area contributed by atoms with Gasteiger partial charge in [-0.05, 0) is 85.9 Å². The largest absolute Gasteiger partial charge is 0.462 e. The van der Waals surface area contributed by atoms with Gasteiger partial charge in [0.25, 0.3) is 0 Å². The van der Waals surface area contributed by atoms with Gasteiger partial charge >= 0.3 is 5.97 Å². The average molecular weight is 475 g/mol. The second-order valence-electron chi connectivity index (χ2n) is 13.8. The van der Waals surface area contributed by atoms with E-state index in [0.717, 1.165) is 12.8 Å². The molecule has 2 N–H and O–H groups in total. The molecule has 1 spiro atoms. The zero-order valence-electron chi connectivity index (χ0n) is 22.1. The maximum Gasteiger partial charge on any atom is 0.302 e. The number of fused-ring (bicyclic) bond motifs is 4. The van der Waals surface area contributed by atoms with Crippen LogP contribution in [0.1, 0.15) is 99.3 Å². The van der Waals surface area contributed by atoms with Crippen molar-refractivity contribution in [1.82, 2.24) is 0 Å². The van der Waals surface area contributed by atoms with Gasteiger partial charge in [-0.2, -0.15) is 0 Å². The van der Waals surface area contributed by atoms with Crippen LogP contribution in [0.2, 0.25) is 0 Å². The molecule has 0 aromatic rings. The minimum absolute atomic E-state index is 0.00895. The number of carbonyl (C=O) groups excluding carboxylic acids is 2. The Hall–Kier alpha value is -0.940. The van der Waals surface area contributed by atoms with Crippen LogP contribution < -0.4 is 0 Å². The van der Waals surface area contributed by atoms with Crippen LogP contribution in [0.25, 0.3) is 0 Å². The van der Waals surface area contributed by atoms with E-state index in [9.17, 15) is 19.8 Å². The van der Waals surface area contributed by atoms with E-state index < -0.39 is 23.5 Å². The fraction of sp³-hybridized carbons (Fsp3) is 0.931. The highest BCUT2D eigenvalue weighted by Crippen LogP contribution is 2.77. The van der Waals surface area contributed by atoms with Crippen molar-refractivity contribution >= 4 is 11.8 Å². The molecule has 192 valence electrons. The molecule has 12 atom stereocenters. The Morgan fingerprint density at radius 3 is 2.18 bits per heavy atom. The summed E-state index contributed by atoms with van der Waals surface area (Å²) in [5.74, 6) is 0.00235. The maximum absolute atomic E-state index is 12.7. The fourth-order valence-electron chi connectivity index (χ4n) is 11.3. The predicted octanol–water partition coefficient (Wildman–Crippen LogP) is 4.91. The van der Waals surface area contributed by atoms with Gasteiger partial charge < -0.3 is 14.9 Å². The Morgan fingerprint density at radius 2 is 1.59 bits per heavy atom. The van der Waals surface area contributed by atoms with E-state index in [2.05, 4.69) is 27.7 Å². The van der Waals surface area contributed by atoms with Gasteiger partial charge in [0.15, 0.2) is 0 Å². The van der Waals surface area contributed by atoms with Gasteiger partial charge in [-0.3, -0.25) is 9.59 Å². The highest BCUT2D eigenvalue weighted by atomic mass is 16.5. The van der Waals surface area contributed by atoms with Crippen molar-refractivity contribution in [2.45, 2.75) is 118 Å². The van der Waals surface area contributed by atoms with Crippen molar-refractivity contribution in [3.63, 3.8) is 0 Å². The Kier molecular flexibility index (Phi) is 5.66. The SMILES string of the molecule is CC[C@@]1(C)CCC[C@@]2(C)C1CC[C@]1(C)C2C[C@H](OC(C)=O)[C@]23CC(O)[C@H]2[C@H](C(C)=O)[C@@H](O)CC13. The van der Waals surface area contributed by atoms with Gasteiger partial charge in [-0.1, -0.05) is 40.5 Å². The Balaban J connectivity index is 1.62. The Morgan fingerprint density at radius 1 is 0.912 bits per heavy atom.